The molecule has 8 heteroatoms. The Labute approximate surface area is 184 Å². The number of nitrogens with zero attached hydrogens (tertiary/aromatic N) is 4. The third kappa shape index (κ3) is 3.51. The molecule has 3 aromatic rings. The highest BCUT2D eigenvalue weighted by molar-refractivity contribution is 7.09. The second kappa shape index (κ2) is 7.60. The fourth-order valence-corrected chi connectivity index (χ4v) is 5.81. The molecule has 1 N–H and O–H groups in total. The van der Waals surface area contributed by atoms with Crippen LogP contribution in [0.1, 0.15) is 60.0 Å². The molecule has 31 heavy (non-hydrogen) atoms. The van der Waals surface area contributed by atoms with Gasteiger partial charge >= 0.3 is 0 Å². The van der Waals surface area contributed by atoms with Crippen molar-refractivity contribution >= 4 is 22.9 Å². The van der Waals surface area contributed by atoms with Crippen LogP contribution in [0.5, 0.6) is 0 Å². The highest BCUT2D eigenvalue weighted by Gasteiger charge is 2.36. The highest BCUT2D eigenvalue weighted by atomic mass is 32.1. The molecule has 1 unspecified atom stereocenters. The molecule has 2 aliphatic heterocycles. The summed E-state index contributed by atoms with van der Waals surface area (Å²) in [5.74, 6) is 0.382. The number of carbonyl (C=O) groups excluding carboxylic acids is 1. The van der Waals surface area contributed by atoms with Crippen molar-refractivity contribution in [3.05, 3.63) is 55.8 Å². The molecule has 1 atom stereocenters. The molecule has 1 saturated heterocycles. The van der Waals surface area contributed by atoms with Crippen LogP contribution in [0.15, 0.2) is 28.4 Å². The molecule has 2 fully saturated rings. The number of hydrogen-bond donors (Lipinski definition) is 1. The molecule has 0 radical (unpaired) electrons. The van der Waals surface area contributed by atoms with Crippen LogP contribution in [0.3, 0.4) is 0 Å². The van der Waals surface area contributed by atoms with Gasteiger partial charge in [0.15, 0.2) is 5.65 Å². The topological polar surface area (TPSA) is 73.7 Å². The van der Waals surface area contributed by atoms with Gasteiger partial charge in [-0.25, -0.2) is 9.50 Å². The first kappa shape index (κ1) is 19.3. The molecule has 162 valence electrons. The van der Waals surface area contributed by atoms with Gasteiger partial charge in [0.25, 0.3) is 5.56 Å². The smallest absolute Gasteiger partial charge is 0.277 e. The Bertz CT molecular complexity index is 1180. The summed E-state index contributed by atoms with van der Waals surface area (Å²) in [5, 5.41) is 5.50. The zero-order valence-corrected chi connectivity index (χ0v) is 18.4. The van der Waals surface area contributed by atoms with E-state index in [1.807, 2.05) is 4.90 Å². The number of hydrogen-bond acceptors (Lipinski definition) is 5. The van der Waals surface area contributed by atoms with E-state index in [0.717, 1.165) is 43.7 Å². The molecule has 0 aromatic carbocycles. The molecule has 1 amide bonds. The highest BCUT2D eigenvalue weighted by Crippen LogP contribution is 2.34. The largest absolute Gasteiger partial charge is 0.337 e. The Hall–Kier alpha value is -2.45. The van der Waals surface area contributed by atoms with Gasteiger partial charge in [-0.1, -0.05) is 12.5 Å². The molecule has 6 rings (SSSR count). The Balaban J connectivity index is 1.32. The molecule has 3 aliphatic rings. The first-order valence-corrected chi connectivity index (χ1v) is 12.2. The van der Waals surface area contributed by atoms with Crippen molar-refractivity contribution in [3.8, 4) is 0 Å². The van der Waals surface area contributed by atoms with Gasteiger partial charge in [0.2, 0.25) is 5.91 Å². The average Bonchev–Trinajstić information content (AvgIpc) is 3.35. The van der Waals surface area contributed by atoms with Gasteiger partial charge in [-0.2, -0.15) is 0 Å². The van der Waals surface area contributed by atoms with Gasteiger partial charge in [0, 0.05) is 36.4 Å². The van der Waals surface area contributed by atoms with E-state index >= 15 is 0 Å². The second-order valence-corrected chi connectivity index (χ2v) is 10.1. The second-order valence-electron chi connectivity index (χ2n) is 9.09. The maximum absolute atomic E-state index is 13.3. The number of thiophene rings is 1. The Morgan fingerprint density at radius 1 is 1.23 bits per heavy atom. The van der Waals surface area contributed by atoms with E-state index in [9.17, 15) is 9.59 Å². The van der Waals surface area contributed by atoms with Crippen molar-refractivity contribution in [1.82, 2.24) is 24.4 Å². The molecular weight excluding hydrogens is 410 g/mol. The van der Waals surface area contributed by atoms with Crippen molar-refractivity contribution in [2.75, 3.05) is 13.1 Å². The average molecular weight is 438 g/mol. The van der Waals surface area contributed by atoms with E-state index in [1.54, 1.807) is 15.9 Å². The summed E-state index contributed by atoms with van der Waals surface area (Å²) in [6.45, 7) is 3.06. The maximum Gasteiger partial charge on any atom is 0.277 e. The summed E-state index contributed by atoms with van der Waals surface area (Å²) >= 11 is 1.80. The molecule has 1 aliphatic carbocycles. The predicted octanol–water partition coefficient (Wildman–Crippen LogP) is 3.11. The number of rotatable bonds is 4. The molecule has 5 heterocycles. The normalized spacial score (nSPS) is 22.1. The number of likely N-dealkylation sites (tertiary alicyclic amines) is 1. The van der Waals surface area contributed by atoms with Crippen LogP contribution in [0.4, 0.5) is 0 Å². The SMILES string of the molecule is O=C(C1CC1)N1CCc2nc3cc(C4CCCCN4Cc4cccs4)[nH]n3c(=O)c2C1. The lowest BCUT2D eigenvalue weighted by atomic mass is 9.99. The number of piperidine rings is 1. The third-order valence-corrected chi connectivity index (χ3v) is 7.79. The molecular formula is C23H27N5O2S. The lowest BCUT2D eigenvalue weighted by molar-refractivity contribution is -0.133. The van der Waals surface area contributed by atoms with Crippen molar-refractivity contribution in [2.24, 2.45) is 5.92 Å². The van der Waals surface area contributed by atoms with Crippen LogP contribution in [-0.2, 0) is 24.3 Å². The summed E-state index contributed by atoms with van der Waals surface area (Å²) in [5.41, 5.74) is 3.23. The summed E-state index contributed by atoms with van der Waals surface area (Å²) in [4.78, 5) is 36.4. The van der Waals surface area contributed by atoms with E-state index in [1.165, 1.54) is 17.7 Å². The Morgan fingerprint density at radius 3 is 2.94 bits per heavy atom. The Kier molecular flexibility index (Phi) is 4.72. The van der Waals surface area contributed by atoms with Gasteiger partial charge in [0.05, 0.1) is 29.5 Å². The van der Waals surface area contributed by atoms with Gasteiger partial charge in [-0.15, -0.1) is 11.3 Å². The summed E-state index contributed by atoms with van der Waals surface area (Å²) in [7, 11) is 0. The number of aromatic nitrogens is 3. The minimum absolute atomic E-state index is 0.0554. The lowest BCUT2D eigenvalue weighted by Gasteiger charge is -2.34. The summed E-state index contributed by atoms with van der Waals surface area (Å²) in [6.07, 6.45) is 6.12. The van der Waals surface area contributed by atoms with Crippen LogP contribution in [0.25, 0.3) is 5.65 Å². The first-order chi connectivity index (χ1) is 15.2. The first-order valence-electron chi connectivity index (χ1n) is 11.4. The summed E-state index contributed by atoms with van der Waals surface area (Å²) < 4.78 is 1.59. The van der Waals surface area contributed by atoms with Crippen molar-refractivity contribution in [3.63, 3.8) is 0 Å². The number of nitrogens with one attached hydrogen (secondary N) is 1. The van der Waals surface area contributed by atoms with Crippen molar-refractivity contribution in [1.29, 1.82) is 0 Å². The Morgan fingerprint density at radius 2 is 2.13 bits per heavy atom. The predicted molar refractivity (Wildman–Crippen MR) is 119 cm³/mol. The monoisotopic (exact) mass is 437 g/mol. The van der Waals surface area contributed by atoms with Crippen LogP contribution >= 0.6 is 11.3 Å². The number of fused-ring (bicyclic) bond motifs is 2. The number of carbonyl (C=O) groups is 1. The van der Waals surface area contributed by atoms with Crippen LogP contribution in [-0.4, -0.2) is 43.4 Å². The number of amides is 1. The number of aromatic amines is 1. The third-order valence-electron chi connectivity index (χ3n) is 6.93. The fourth-order valence-electron chi connectivity index (χ4n) is 5.08. The van der Waals surface area contributed by atoms with Gasteiger partial charge in [0.1, 0.15) is 0 Å². The van der Waals surface area contributed by atoms with E-state index in [0.29, 0.717) is 30.7 Å². The molecule has 3 aromatic heterocycles. The van der Waals surface area contributed by atoms with E-state index in [4.69, 9.17) is 4.98 Å². The van der Waals surface area contributed by atoms with Gasteiger partial charge in [-0.3, -0.25) is 19.6 Å². The molecule has 7 nitrogen and oxygen atoms in total. The minimum atomic E-state index is -0.0554. The van der Waals surface area contributed by atoms with Gasteiger partial charge < -0.3 is 4.90 Å². The van der Waals surface area contributed by atoms with Crippen molar-refractivity contribution < 1.29 is 4.79 Å². The molecule has 0 bridgehead atoms. The fraction of sp³-hybridized carbons (Fsp3) is 0.522. The zero-order chi connectivity index (χ0) is 20.9. The standard InChI is InChI=1S/C23H27N5O2S/c29-22(15-6-7-15)27-10-8-18-17(14-27)23(30)28-21(24-18)12-19(25-28)20-5-1-2-9-26(20)13-16-4-3-11-31-16/h3-4,11-12,15,20,25H,1-2,5-10,13-14H2. The van der Waals surface area contributed by atoms with Gasteiger partial charge in [-0.05, 0) is 43.7 Å². The van der Waals surface area contributed by atoms with E-state index < -0.39 is 0 Å². The zero-order valence-electron chi connectivity index (χ0n) is 17.5. The van der Waals surface area contributed by atoms with Crippen LogP contribution in [0, 0.1) is 5.92 Å². The lowest BCUT2D eigenvalue weighted by Crippen LogP contribution is -2.41. The van der Waals surface area contributed by atoms with E-state index in [2.05, 4.69) is 33.6 Å². The minimum Gasteiger partial charge on any atom is -0.337 e. The summed E-state index contributed by atoms with van der Waals surface area (Å²) in [6, 6.07) is 6.62. The quantitative estimate of drug-likeness (QED) is 0.681. The molecule has 0 spiro atoms. The molecule has 1 saturated carbocycles. The van der Waals surface area contributed by atoms with Crippen LogP contribution in [0.2, 0.25) is 0 Å². The van der Waals surface area contributed by atoms with E-state index in [-0.39, 0.29) is 23.4 Å². The maximum atomic E-state index is 13.3. The number of H-pyrrole nitrogens is 1. The van der Waals surface area contributed by atoms with Crippen molar-refractivity contribution in [2.45, 2.75) is 57.7 Å². The van der Waals surface area contributed by atoms with Crippen LogP contribution < -0.4 is 5.56 Å².